The molecule has 0 atom stereocenters. The predicted molar refractivity (Wildman–Crippen MR) is 94.5 cm³/mol. The van der Waals surface area contributed by atoms with Crippen LogP contribution in [0.5, 0.6) is 0 Å². The van der Waals surface area contributed by atoms with Gasteiger partial charge in [-0.05, 0) is 56.3 Å². The molecular formula is C19H20F3N3O. The van der Waals surface area contributed by atoms with Crippen molar-refractivity contribution in [2.45, 2.75) is 25.1 Å². The molecule has 26 heavy (non-hydrogen) atoms. The second-order valence-electron chi connectivity index (χ2n) is 6.25. The third kappa shape index (κ3) is 4.54. The van der Waals surface area contributed by atoms with Crippen LogP contribution in [0.3, 0.4) is 0 Å². The van der Waals surface area contributed by atoms with Crippen LogP contribution in [0, 0.1) is 0 Å². The molecule has 138 valence electrons. The first-order valence-corrected chi connectivity index (χ1v) is 8.48. The molecule has 0 saturated carbocycles. The van der Waals surface area contributed by atoms with Gasteiger partial charge in [0.15, 0.2) is 0 Å². The molecule has 7 heteroatoms. The second kappa shape index (κ2) is 7.78. The fourth-order valence-electron chi connectivity index (χ4n) is 2.95. The monoisotopic (exact) mass is 363 g/mol. The Morgan fingerprint density at radius 3 is 2.50 bits per heavy atom. The highest BCUT2D eigenvalue weighted by atomic mass is 19.4. The number of carbonyl (C=O) groups is 1. The molecule has 1 aliphatic heterocycles. The minimum Gasteiger partial charge on any atom is -0.355 e. The van der Waals surface area contributed by atoms with Crippen LogP contribution in [0.1, 0.15) is 28.8 Å². The lowest BCUT2D eigenvalue weighted by Gasteiger charge is -2.24. The molecule has 1 aliphatic rings. The zero-order valence-electron chi connectivity index (χ0n) is 14.1. The lowest BCUT2D eigenvalue weighted by atomic mass is 10.1. The third-order valence-electron chi connectivity index (χ3n) is 4.31. The number of piperidine rings is 1. The lowest BCUT2D eigenvalue weighted by Crippen LogP contribution is -2.42. The Morgan fingerprint density at radius 2 is 1.77 bits per heavy atom. The number of rotatable bonds is 4. The van der Waals surface area contributed by atoms with E-state index in [0.717, 1.165) is 38.1 Å². The van der Waals surface area contributed by atoms with Crippen molar-refractivity contribution in [3.8, 4) is 0 Å². The number of halogens is 3. The van der Waals surface area contributed by atoms with Gasteiger partial charge in [-0.3, -0.25) is 4.79 Å². The average molecular weight is 363 g/mol. The van der Waals surface area contributed by atoms with E-state index >= 15 is 0 Å². The molecule has 1 saturated heterocycles. The molecule has 1 fully saturated rings. The van der Waals surface area contributed by atoms with Crippen LogP contribution in [0.4, 0.5) is 24.5 Å². The standard InChI is InChI=1S/C19H20F3N3O/c20-19(21,22)13-4-3-5-15(12-13)24-17-7-2-1-6-16(17)18(26)25-14-8-10-23-11-9-14/h1-7,12,14,23-24H,8-11H2,(H,25,26). The SMILES string of the molecule is O=C(NC1CCNCC1)c1ccccc1Nc1cccc(C(F)(F)F)c1. The molecule has 3 N–H and O–H groups in total. The van der Waals surface area contributed by atoms with Crippen LogP contribution in [-0.2, 0) is 6.18 Å². The number of para-hydroxylation sites is 1. The molecule has 0 unspecified atom stereocenters. The lowest BCUT2D eigenvalue weighted by molar-refractivity contribution is -0.137. The van der Waals surface area contributed by atoms with Gasteiger partial charge in [0.2, 0.25) is 0 Å². The van der Waals surface area contributed by atoms with E-state index in [0.29, 0.717) is 11.3 Å². The highest BCUT2D eigenvalue weighted by Gasteiger charge is 2.30. The van der Waals surface area contributed by atoms with E-state index in [1.807, 2.05) is 0 Å². The van der Waals surface area contributed by atoms with Crippen molar-refractivity contribution < 1.29 is 18.0 Å². The summed E-state index contributed by atoms with van der Waals surface area (Å²) < 4.78 is 38.6. The maximum absolute atomic E-state index is 12.9. The van der Waals surface area contributed by atoms with Crippen molar-refractivity contribution >= 4 is 17.3 Å². The number of nitrogens with one attached hydrogen (secondary N) is 3. The maximum Gasteiger partial charge on any atom is 0.416 e. The van der Waals surface area contributed by atoms with Gasteiger partial charge in [0.1, 0.15) is 0 Å². The third-order valence-corrected chi connectivity index (χ3v) is 4.31. The van der Waals surface area contributed by atoms with Gasteiger partial charge in [0.25, 0.3) is 5.91 Å². The topological polar surface area (TPSA) is 53.2 Å². The first kappa shape index (κ1) is 18.3. The van der Waals surface area contributed by atoms with Crippen LogP contribution in [0.25, 0.3) is 0 Å². The Labute approximate surface area is 149 Å². The number of alkyl halides is 3. The van der Waals surface area contributed by atoms with Crippen LogP contribution < -0.4 is 16.0 Å². The van der Waals surface area contributed by atoms with Crippen molar-refractivity contribution in [1.29, 1.82) is 0 Å². The normalized spacial score (nSPS) is 15.5. The van der Waals surface area contributed by atoms with Crippen LogP contribution in [0.15, 0.2) is 48.5 Å². The highest BCUT2D eigenvalue weighted by molar-refractivity contribution is 6.00. The summed E-state index contributed by atoms with van der Waals surface area (Å²) in [5.41, 5.74) is 0.419. The van der Waals surface area contributed by atoms with Gasteiger partial charge in [-0.15, -0.1) is 0 Å². The van der Waals surface area contributed by atoms with Gasteiger partial charge in [0.05, 0.1) is 16.8 Å². The van der Waals surface area contributed by atoms with Crippen molar-refractivity contribution in [3.63, 3.8) is 0 Å². The van der Waals surface area contributed by atoms with Crippen molar-refractivity contribution in [3.05, 3.63) is 59.7 Å². The summed E-state index contributed by atoms with van der Waals surface area (Å²) in [4.78, 5) is 12.6. The minimum absolute atomic E-state index is 0.102. The summed E-state index contributed by atoms with van der Waals surface area (Å²) in [6.45, 7) is 1.71. The molecule has 1 heterocycles. The zero-order chi connectivity index (χ0) is 18.6. The molecular weight excluding hydrogens is 343 g/mol. The molecule has 3 rings (SSSR count). The van der Waals surface area contributed by atoms with E-state index in [9.17, 15) is 18.0 Å². The van der Waals surface area contributed by atoms with E-state index < -0.39 is 11.7 Å². The smallest absolute Gasteiger partial charge is 0.355 e. The zero-order valence-corrected chi connectivity index (χ0v) is 14.1. The van der Waals surface area contributed by atoms with E-state index in [4.69, 9.17) is 0 Å². The fraction of sp³-hybridized carbons (Fsp3) is 0.316. The van der Waals surface area contributed by atoms with Crippen molar-refractivity contribution in [2.75, 3.05) is 18.4 Å². The molecule has 0 aliphatic carbocycles. The second-order valence-corrected chi connectivity index (χ2v) is 6.25. The molecule has 2 aromatic carbocycles. The summed E-state index contributed by atoms with van der Waals surface area (Å²) in [6.07, 6.45) is -2.70. The Hall–Kier alpha value is -2.54. The van der Waals surface area contributed by atoms with Gasteiger partial charge in [-0.25, -0.2) is 0 Å². The number of hydrogen-bond acceptors (Lipinski definition) is 3. The Bertz CT molecular complexity index is 771. The molecule has 0 bridgehead atoms. The molecule has 1 amide bonds. The van der Waals surface area contributed by atoms with Crippen LogP contribution in [-0.4, -0.2) is 25.0 Å². The first-order chi connectivity index (χ1) is 12.4. The van der Waals surface area contributed by atoms with E-state index in [1.54, 1.807) is 24.3 Å². The summed E-state index contributed by atoms with van der Waals surface area (Å²) in [7, 11) is 0. The minimum atomic E-state index is -4.41. The van der Waals surface area contributed by atoms with Crippen molar-refractivity contribution in [2.24, 2.45) is 0 Å². The molecule has 0 radical (unpaired) electrons. The Kier molecular flexibility index (Phi) is 5.46. The van der Waals surface area contributed by atoms with Crippen LogP contribution in [0.2, 0.25) is 0 Å². The highest BCUT2D eigenvalue weighted by Crippen LogP contribution is 2.31. The summed E-state index contributed by atoms with van der Waals surface area (Å²) >= 11 is 0. The fourth-order valence-corrected chi connectivity index (χ4v) is 2.95. The summed E-state index contributed by atoms with van der Waals surface area (Å²) in [6, 6.07) is 11.8. The maximum atomic E-state index is 12.9. The quantitative estimate of drug-likeness (QED) is 0.772. The van der Waals surface area contributed by atoms with E-state index in [-0.39, 0.29) is 17.6 Å². The van der Waals surface area contributed by atoms with Gasteiger partial charge >= 0.3 is 6.18 Å². The largest absolute Gasteiger partial charge is 0.416 e. The first-order valence-electron chi connectivity index (χ1n) is 8.48. The molecule has 4 nitrogen and oxygen atoms in total. The molecule has 2 aromatic rings. The van der Waals surface area contributed by atoms with Gasteiger partial charge in [-0.2, -0.15) is 13.2 Å². The number of benzene rings is 2. The number of amides is 1. The number of hydrogen-bond donors (Lipinski definition) is 3. The summed E-state index contributed by atoms with van der Waals surface area (Å²) in [5.74, 6) is -0.230. The Morgan fingerprint density at radius 1 is 1.04 bits per heavy atom. The van der Waals surface area contributed by atoms with Crippen molar-refractivity contribution in [1.82, 2.24) is 10.6 Å². The van der Waals surface area contributed by atoms with E-state index in [2.05, 4.69) is 16.0 Å². The number of anilines is 2. The number of carbonyl (C=O) groups excluding carboxylic acids is 1. The molecule has 0 spiro atoms. The molecule has 0 aromatic heterocycles. The summed E-state index contributed by atoms with van der Waals surface area (Å²) in [5, 5.41) is 9.16. The van der Waals surface area contributed by atoms with Gasteiger partial charge in [-0.1, -0.05) is 18.2 Å². The van der Waals surface area contributed by atoms with Gasteiger partial charge in [0, 0.05) is 11.7 Å². The van der Waals surface area contributed by atoms with E-state index in [1.165, 1.54) is 12.1 Å². The van der Waals surface area contributed by atoms with Crippen LogP contribution >= 0.6 is 0 Å². The Balaban J connectivity index is 1.78. The predicted octanol–water partition coefficient (Wildman–Crippen LogP) is 3.93. The van der Waals surface area contributed by atoms with Gasteiger partial charge < -0.3 is 16.0 Å². The average Bonchev–Trinajstić information content (AvgIpc) is 2.62.